The van der Waals surface area contributed by atoms with E-state index in [1.165, 1.54) is 5.56 Å². The van der Waals surface area contributed by atoms with Crippen molar-refractivity contribution in [3.05, 3.63) is 83.9 Å². The van der Waals surface area contributed by atoms with Crippen LogP contribution in [0.3, 0.4) is 0 Å². The minimum absolute atomic E-state index is 0.0247. The van der Waals surface area contributed by atoms with E-state index in [0.717, 1.165) is 31.6 Å². The molecule has 1 aliphatic heterocycles. The van der Waals surface area contributed by atoms with E-state index in [1.54, 1.807) is 4.90 Å². The Morgan fingerprint density at radius 2 is 1.57 bits per heavy atom. The number of hydrogen-bond acceptors (Lipinski definition) is 4. The van der Waals surface area contributed by atoms with Crippen molar-refractivity contribution in [3.8, 4) is 0 Å². The minimum Gasteiger partial charge on any atom is -0.445 e. The summed E-state index contributed by atoms with van der Waals surface area (Å²) in [5, 5.41) is 0. The molecule has 3 rings (SSSR count). The van der Waals surface area contributed by atoms with Gasteiger partial charge in [-0.15, -0.1) is 0 Å². The monoisotopic (exact) mass is 379 g/mol. The average molecular weight is 380 g/mol. The van der Waals surface area contributed by atoms with Gasteiger partial charge in [0.1, 0.15) is 6.61 Å². The van der Waals surface area contributed by atoms with E-state index in [2.05, 4.69) is 29.2 Å². The van der Waals surface area contributed by atoms with E-state index < -0.39 is 0 Å². The maximum atomic E-state index is 12.2. The summed E-state index contributed by atoms with van der Waals surface area (Å²) < 4.78 is 5.41. The fraction of sp³-hybridized carbons (Fsp3) is 0.348. The van der Waals surface area contributed by atoms with E-state index in [-0.39, 0.29) is 12.1 Å². The summed E-state index contributed by atoms with van der Waals surface area (Å²) in [4.78, 5) is 16.3. The molecule has 5 heteroatoms. The molecule has 2 aromatic carbocycles. The zero-order valence-electron chi connectivity index (χ0n) is 16.2. The normalized spacial score (nSPS) is 16.2. The van der Waals surface area contributed by atoms with Crippen LogP contribution < -0.4 is 5.73 Å². The Labute approximate surface area is 167 Å². The lowest BCUT2D eigenvalue weighted by Gasteiger charge is -2.33. The first-order valence-electron chi connectivity index (χ1n) is 9.85. The van der Waals surface area contributed by atoms with Gasteiger partial charge in [-0.1, -0.05) is 72.8 Å². The fourth-order valence-electron chi connectivity index (χ4n) is 3.26. The van der Waals surface area contributed by atoms with E-state index in [1.807, 2.05) is 48.5 Å². The average Bonchev–Trinajstić information content (AvgIpc) is 2.74. The highest BCUT2D eigenvalue weighted by molar-refractivity contribution is 5.67. The van der Waals surface area contributed by atoms with Crippen molar-refractivity contribution in [2.75, 3.05) is 32.7 Å². The topological polar surface area (TPSA) is 58.8 Å². The second-order valence-corrected chi connectivity index (χ2v) is 7.11. The molecule has 0 radical (unpaired) electrons. The lowest BCUT2D eigenvalue weighted by atomic mass is 10.1. The molecule has 0 unspecified atom stereocenters. The number of benzene rings is 2. The highest BCUT2D eigenvalue weighted by Crippen LogP contribution is 2.07. The number of hydrogen-bond donors (Lipinski definition) is 1. The van der Waals surface area contributed by atoms with Crippen molar-refractivity contribution >= 4 is 6.09 Å². The Kier molecular flexibility index (Phi) is 7.64. The van der Waals surface area contributed by atoms with E-state index in [9.17, 15) is 4.79 Å². The first-order chi connectivity index (χ1) is 13.7. The van der Waals surface area contributed by atoms with Crippen molar-refractivity contribution < 1.29 is 9.53 Å². The molecular weight excluding hydrogens is 350 g/mol. The number of piperazine rings is 1. The van der Waals surface area contributed by atoms with E-state index >= 15 is 0 Å². The predicted molar refractivity (Wildman–Crippen MR) is 112 cm³/mol. The van der Waals surface area contributed by atoms with Crippen LogP contribution in [0, 0.1) is 0 Å². The Hall–Kier alpha value is -2.63. The Balaban J connectivity index is 1.34. The van der Waals surface area contributed by atoms with Crippen molar-refractivity contribution in [3.63, 3.8) is 0 Å². The third kappa shape index (κ3) is 6.51. The fourth-order valence-corrected chi connectivity index (χ4v) is 3.26. The van der Waals surface area contributed by atoms with Gasteiger partial charge in [0.15, 0.2) is 0 Å². The van der Waals surface area contributed by atoms with E-state index in [4.69, 9.17) is 10.5 Å². The molecule has 0 spiro atoms. The van der Waals surface area contributed by atoms with Crippen LogP contribution in [0.2, 0.25) is 0 Å². The summed E-state index contributed by atoms with van der Waals surface area (Å²) in [7, 11) is 0. The highest BCUT2D eigenvalue weighted by atomic mass is 16.6. The van der Waals surface area contributed by atoms with Crippen molar-refractivity contribution in [1.82, 2.24) is 9.80 Å². The van der Waals surface area contributed by atoms with Crippen molar-refractivity contribution in [2.24, 2.45) is 5.73 Å². The molecule has 28 heavy (non-hydrogen) atoms. The van der Waals surface area contributed by atoms with Crippen molar-refractivity contribution in [1.29, 1.82) is 0 Å². The van der Waals surface area contributed by atoms with Crippen molar-refractivity contribution in [2.45, 2.75) is 19.1 Å². The zero-order valence-corrected chi connectivity index (χ0v) is 16.2. The SMILES string of the molecule is N[C@@H](/C=C/CN1CCN(C(=O)OCc2ccccc2)CC1)Cc1ccccc1. The zero-order chi connectivity index (χ0) is 19.6. The molecule has 0 bridgehead atoms. The van der Waals surface area contributed by atoms with Gasteiger partial charge in [-0.3, -0.25) is 4.90 Å². The number of nitrogens with two attached hydrogens (primary N) is 1. The summed E-state index contributed by atoms with van der Waals surface area (Å²) in [5.41, 5.74) is 8.45. The molecule has 0 aromatic heterocycles. The lowest BCUT2D eigenvalue weighted by molar-refractivity contribution is 0.0741. The third-order valence-electron chi connectivity index (χ3n) is 4.90. The summed E-state index contributed by atoms with van der Waals surface area (Å²) in [5.74, 6) is 0. The van der Waals surface area contributed by atoms with Gasteiger partial charge in [-0.2, -0.15) is 0 Å². The van der Waals surface area contributed by atoms with Crippen LogP contribution in [0.15, 0.2) is 72.8 Å². The molecule has 1 aliphatic rings. The molecule has 2 N–H and O–H groups in total. The molecular formula is C23H29N3O2. The van der Waals surface area contributed by atoms with Gasteiger partial charge < -0.3 is 15.4 Å². The van der Waals surface area contributed by atoms with Gasteiger partial charge in [0, 0.05) is 38.8 Å². The van der Waals surface area contributed by atoms with Gasteiger partial charge in [-0.25, -0.2) is 4.79 Å². The van der Waals surface area contributed by atoms with Crippen LogP contribution in [0.1, 0.15) is 11.1 Å². The first-order valence-corrected chi connectivity index (χ1v) is 9.85. The maximum Gasteiger partial charge on any atom is 0.410 e. The minimum atomic E-state index is -0.232. The summed E-state index contributed by atoms with van der Waals surface area (Å²) in [6.45, 7) is 4.25. The molecule has 1 heterocycles. The van der Waals surface area contributed by atoms with Crippen LogP contribution in [0.5, 0.6) is 0 Å². The van der Waals surface area contributed by atoms with Crippen LogP contribution >= 0.6 is 0 Å². The molecule has 2 aromatic rings. The Bertz CT molecular complexity index is 741. The molecule has 1 amide bonds. The third-order valence-corrected chi connectivity index (χ3v) is 4.90. The highest BCUT2D eigenvalue weighted by Gasteiger charge is 2.21. The van der Waals surface area contributed by atoms with Gasteiger partial charge in [0.2, 0.25) is 0 Å². The van der Waals surface area contributed by atoms with E-state index in [0.29, 0.717) is 19.7 Å². The van der Waals surface area contributed by atoms with Crippen LogP contribution in [-0.2, 0) is 17.8 Å². The summed E-state index contributed by atoms with van der Waals surface area (Å²) in [6, 6.07) is 20.1. The molecule has 0 saturated carbocycles. The molecule has 0 aliphatic carbocycles. The second kappa shape index (κ2) is 10.6. The number of amides is 1. The standard InChI is InChI=1S/C23H29N3O2/c24-22(18-20-8-3-1-4-9-20)12-7-13-25-14-16-26(17-15-25)23(27)28-19-21-10-5-2-6-11-21/h1-12,22H,13-19,24H2/b12-7+/t22-/m0/s1. The van der Waals surface area contributed by atoms with Gasteiger partial charge >= 0.3 is 6.09 Å². The van der Waals surface area contributed by atoms with Crippen LogP contribution in [0.25, 0.3) is 0 Å². The number of nitrogens with zero attached hydrogens (tertiary/aromatic N) is 2. The van der Waals surface area contributed by atoms with Crippen LogP contribution in [0.4, 0.5) is 4.79 Å². The largest absolute Gasteiger partial charge is 0.445 e. The summed E-state index contributed by atoms with van der Waals surface area (Å²) in [6.07, 6.45) is 4.83. The molecule has 1 fully saturated rings. The number of carbonyl (C=O) groups excluding carboxylic acids is 1. The quantitative estimate of drug-likeness (QED) is 0.751. The lowest BCUT2D eigenvalue weighted by Crippen LogP contribution is -2.48. The predicted octanol–water partition coefficient (Wildman–Crippen LogP) is 3.07. The van der Waals surface area contributed by atoms with Gasteiger partial charge in [0.05, 0.1) is 0 Å². The van der Waals surface area contributed by atoms with Gasteiger partial charge in [-0.05, 0) is 17.5 Å². The van der Waals surface area contributed by atoms with Crippen LogP contribution in [-0.4, -0.2) is 54.7 Å². The first kappa shape index (κ1) is 20.1. The second-order valence-electron chi connectivity index (χ2n) is 7.11. The molecule has 1 atom stereocenters. The smallest absolute Gasteiger partial charge is 0.410 e. The number of ether oxygens (including phenoxy) is 1. The maximum absolute atomic E-state index is 12.2. The Morgan fingerprint density at radius 3 is 2.21 bits per heavy atom. The molecule has 148 valence electrons. The summed E-state index contributed by atoms with van der Waals surface area (Å²) >= 11 is 0. The van der Waals surface area contributed by atoms with Gasteiger partial charge in [0.25, 0.3) is 0 Å². The number of carbonyl (C=O) groups is 1. The number of rotatable bonds is 7. The Morgan fingerprint density at radius 1 is 0.964 bits per heavy atom. The molecule has 1 saturated heterocycles. The molecule has 5 nitrogen and oxygen atoms in total.